The molecule has 0 aliphatic carbocycles. The maximum Gasteiger partial charge on any atom is 0.310 e. The van der Waals surface area contributed by atoms with Crippen molar-refractivity contribution >= 4 is 11.8 Å². The highest BCUT2D eigenvalue weighted by Gasteiger charge is 2.04. The van der Waals surface area contributed by atoms with Crippen LogP contribution in [0, 0.1) is 0 Å². The van der Waals surface area contributed by atoms with Crippen molar-refractivity contribution in [2.45, 2.75) is 66.1 Å². The fourth-order valence-electron chi connectivity index (χ4n) is 0.536. The van der Waals surface area contributed by atoms with Gasteiger partial charge in [0.25, 0.3) is 0 Å². The van der Waals surface area contributed by atoms with E-state index in [0.29, 0.717) is 6.42 Å². The minimum absolute atomic E-state index is 0.167. The lowest BCUT2D eigenvalue weighted by Gasteiger charge is -1.90. The van der Waals surface area contributed by atoms with Crippen LogP contribution < -0.4 is 0 Å². The average Bonchev–Trinajstić information content (AvgIpc) is 1.99. The smallest absolute Gasteiger partial charge is 0.310 e. The summed E-state index contributed by atoms with van der Waals surface area (Å²) in [4.78, 5) is 20.3. The number of carboxylic acid groups (broad SMARTS) is 1. The second-order valence-corrected chi connectivity index (χ2v) is 4.05. The first-order valence-corrected chi connectivity index (χ1v) is 5.73. The lowest BCUT2D eigenvalue weighted by molar-refractivity contribution is -0.140. The van der Waals surface area contributed by atoms with Crippen molar-refractivity contribution in [3.05, 3.63) is 0 Å². The van der Waals surface area contributed by atoms with Gasteiger partial charge >= 0.3 is 5.97 Å². The highest BCUT2D eigenvalue weighted by atomic mass is 16.4. The van der Waals surface area contributed by atoms with Crippen LogP contribution in [-0.2, 0) is 9.59 Å². The van der Waals surface area contributed by atoms with E-state index in [-0.39, 0.29) is 24.4 Å². The summed E-state index contributed by atoms with van der Waals surface area (Å²) in [5.74, 6) is -1.22. The molecule has 17 heavy (non-hydrogen) atoms. The van der Waals surface area contributed by atoms with Crippen LogP contribution in [0.5, 0.6) is 0 Å². The van der Waals surface area contributed by atoms with Crippen LogP contribution in [0.2, 0.25) is 0 Å². The molecule has 0 aromatic carbocycles. The third-order valence-electron chi connectivity index (χ3n) is 0.877. The van der Waals surface area contributed by atoms with Gasteiger partial charge in [-0.1, -0.05) is 6.92 Å². The topological polar surface area (TPSA) is 94.8 Å². The molecule has 0 fully saturated rings. The average molecular weight is 250 g/mol. The fourth-order valence-corrected chi connectivity index (χ4v) is 0.536. The summed E-state index contributed by atoms with van der Waals surface area (Å²) >= 11 is 0. The Kier molecular flexibility index (Phi) is 18.9. The third-order valence-corrected chi connectivity index (χ3v) is 0.877. The summed E-state index contributed by atoms with van der Waals surface area (Å²) < 4.78 is 0. The maximum absolute atomic E-state index is 10.5. The van der Waals surface area contributed by atoms with Gasteiger partial charge in [0, 0.05) is 18.6 Å². The number of carboxylic acids is 1. The Balaban J connectivity index is -0.000000205. The highest BCUT2D eigenvalue weighted by Crippen LogP contribution is 1.92. The molecule has 0 aromatic rings. The van der Waals surface area contributed by atoms with E-state index in [1.54, 1.807) is 27.7 Å². The first-order chi connectivity index (χ1) is 7.63. The van der Waals surface area contributed by atoms with Crippen LogP contribution in [0.25, 0.3) is 0 Å². The molecule has 0 saturated carbocycles. The summed E-state index contributed by atoms with van der Waals surface area (Å²) in [6, 6.07) is 0. The molecule has 104 valence electrons. The molecule has 0 aliphatic rings. The molecule has 0 saturated heterocycles. The number of carbonyl (C=O) groups excluding carboxylic acids is 1. The fraction of sp³-hybridized carbons (Fsp3) is 0.833. The normalized spacial score (nSPS) is 9.00. The van der Waals surface area contributed by atoms with Crippen LogP contribution in [-0.4, -0.2) is 39.3 Å². The van der Waals surface area contributed by atoms with Gasteiger partial charge in [0.2, 0.25) is 0 Å². The van der Waals surface area contributed by atoms with Gasteiger partial charge in [-0.15, -0.1) is 0 Å². The minimum Gasteiger partial charge on any atom is -0.481 e. The molecule has 0 aromatic heterocycles. The zero-order valence-electron chi connectivity index (χ0n) is 11.4. The monoisotopic (exact) mass is 250 g/mol. The number of ketones is 1. The van der Waals surface area contributed by atoms with Crippen molar-refractivity contribution in [1.29, 1.82) is 0 Å². The Hall–Kier alpha value is -0.940. The highest BCUT2D eigenvalue weighted by molar-refractivity contribution is 5.94. The van der Waals surface area contributed by atoms with Crippen LogP contribution in [0.1, 0.15) is 53.9 Å². The summed E-state index contributed by atoms with van der Waals surface area (Å²) in [7, 11) is 0. The Morgan fingerprint density at radius 2 is 1.29 bits per heavy atom. The van der Waals surface area contributed by atoms with Crippen LogP contribution in [0.15, 0.2) is 0 Å². The standard InChI is InChI=1S/C6H10O3.2C3H8O/c1-2-3-5(7)4-6(8)9;2*1-3(2)4/h2-4H2,1H3,(H,8,9);2*3-4H,1-2H3. The SMILES string of the molecule is CC(C)O.CC(C)O.CCCC(=O)CC(=O)O. The zero-order valence-corrected chi connectivity index (χ0v) is 11.4. The van der Waals surface area contributed by atoms with Crippen LogP contribution in [0.3, 0.4) is 0 Å². The van der Waals surface area contributed by atoms with E-state index in [4.69, 9.17) is 15.3 Å². The van der Waals surface area contributed by atoms with Gasteiger partial charge in [-0.3, -0.25) is 9.59 Å². The lowest BCUT2D eigenvalue weighted by Crippen LogP contribution is -2.05. The number of aliphatic hydroxyl groups is 2. The summed E-state index contributed by atoms with van der Waals surface area (Å²) in [5.41, 5.74) is 0. The molecule has 0 unspecified atom stereocenters. The second kappa shape index (κ2) is 15.1. The molecule has 0 spiro atoms. The van der Waals surface area contributed by atoms with Crippen molar-refractivity contribution in [2.24, 2.45) is 0 Å². The largest absolute Gasteiger partial charge is 0.481 e. The number of rotatable bonds is 4. The second-order valence-electron chi connectivity index (χ2n) is 4.05. The van der Waals surface area contributed by atoms with E-state index in [1.807, 2.05) is 6.92 Å². The van der Waals surface area contributed by atoms with E-state index < -0.39 is 5.97 Å². The predicted octanol–water partition coefficient (Wildman–Crippen LogP) is 1.60. The zero-order chi connectivity index (χ0) is 14.4. The Morgan fingerprint density at radius 1 is 1.00 bits per heavy atom. The quantitative estimate of drug-likeness (QED) is 0.659. The number of hydrogen-bond acceptors (Lipinski definition) is 4. The Bertz CT molecular complexity index is 176. The number of hydrogen-bond donors (Lipinski definition) is 3. The molecule has 0 heterocycles. The number of Topliss-reactive ketones (excluding diaryl/α,β-unsaturated/α-hetero) is 1. The van der Waals surface area contributed by atoms with Gasteiger partial charge in [-0.05, 0) is 34.1 Å². The van der Waals surface area contributed by atoms with Crippen LogP contribution >= 0.6 is 0 Å². The minimum atomic E-state index is -1.03. The number of carbonyl (C=O) groups is 2. The summed E-state index contributed by atoms with van der Waals surface area (Å²) in [5, 5.41) is 24.2. The molecular formula is C12H26O5. The van der Waals surface area contributed by atoms with Gasteiger partial charge in [0.15, 0.2) is 0 Å². The van der Waals surface area contributed by atoms with Crippen molar-refractivity contribution in [3.8, 4) is 0 Å². The predicted molar refractivity (Wildman–Crippen MR) is 66.9 cm³/mol. The lowest BCUT2D eigenvalue weighted by atomic mass is 10.2. The van der Waals surface area contributed by atoms with Gasteiger partial charge in [-0.2, -0.15) is 0 Å². The third kappa shape index (κ3) is 69.9. The number of aliphatic hydroxyl groups excluding tert-OH is 2. The molecule has 3 N–H and O–H groups in total. The maximum atomic E-state index is 10.5. The molecular weight excluding hydrogens is 224 g/mol. The molecule has 0 atom stereocenters. The Morgan fingerprint density at radius 3 is 1.47 bits per heavy atom. The van der Waals surface area contributed by atoms with Crippen molar-refractivity contribution in [1.82, 2.24) is 0 Å². The molecule has 0 radical (unpaired) electrons. The number of aliphatic carboxylic acids is 1. The van der Waals surface area contributed by atoms with Crippen molar-refractivity contribution in [3.63, 3.8) is 0 Å². The van der Waals surface area contributed by atoms with Gasteiger partial charge < -0.3 is 15.3 Å². The van der Waals surface area contributed by atoms with Crippen LogP contribution in [0.4, 0.5) is 0 Å². The Labute approximate surface area is 103 Å². The summed E-state index contributed by atoms with van der Waals surface area (Å²) in [6.07, 6.45) is 0.451. The molecule has 0 aliphatic heterocycles. The van der Waals surface area contributed by atoms with Crippen molar-refractivity contribution < 1.29 is 24.9 Å². The van der Waals surface area contributed by atoms with E-state index in [0.717, 1.165) is 6.42 Å². The molecule has 5 nitrogen and oxygen atoms in total. The van der Waals surface area contributed by atoms with E-state index in [1.165, 1.54) is 0 Å². The van der Waals surface area contributed by atoms with E-state index in [9.17, 15) is 9.59 Å². The summed E-state index contributed by atoms with van der Waals surface area (Å²) in [6.45, 7) is 8.74. The molecule has 5 heteroatoms. The molecule has 0 rings (SSSR count). The van der Waals surface area contributed by atoms with E-state index >= 15 is 0 Å². The molecule has 0 amide bonds. The van der Waals surface area contributed by atoms with Gasteiger partial charge in [0.05, 0.1) is 0 Å². The van der Waals surface area contributed by atoms with Gasteiger partial charge in [-0.25, -0.2) is 0 Å². The van der Waals surface area contributed by atoms with Gasteiger partial charge in [0.1, 0.15) is 12.2 Å². The molecule has 0 bridgehead atoms. The van der Waals surface area contributed by atoms with E-state index in [2.05, 4.69) is 0 Å². The first kappa shape index (κ1) is 21.4. The first-order valence-electron chi connectivity index (χ1n) is 5.73. The van der Waals surface area contributed by atoms with Crippen molar-refractivity contribution in [2.75, 3.05) is 0 Å².